The third-order valence-corrected chi connectivity index (χ3v) is 2.85. The van der Waals surface area contributed by atoms with Crippen LogP contribution in [0.15, 0.2) is 24.3 Å². The Balaban J connectivity index is 0.00000191. The third kappa shape index (κ3) is 7.64. The standard InChI is InChI=1S/C16H23NO2.C2H6/c1-11(2)9-15(18)17-10-13-5-7-14(8-6-13)16(19)12(3)4;1-2/h5-8,11-12H,9-10H2,1-4H3,(H,17,18);1-2H3. The van der Waals surface area contributed by atoms with Gasteiger partial charge in [0.1, 0.15) is 0 Å². The van der Waals surface area contributed by atoms with Gasteiger partial charge in [0.15, 0.2) is 5.78 Å². The predicted octanol–water partition coefficient (Wildman–Crippen LogP) is 4.21. The zero-order valence-corrected chi connectivity index (χ0v) is 14.2. The van der Waals surface area contributed by atoms with Crippen molar-refractivity contribution in [2.24, 2.45) is 11.8 Å². The second-order valence-corrected chi connectivity index (χ2v) is 5.59. The van der Waals surface area contributed by atoms with Crippen molar-refractivity contribution in [1.29, 1.82) is 0 Å². The summed E-state index contributed by atoms with van der Waals surface area (Å²) in [6.45, 7) is 12.3. The van der Waals surface area contributed by atoms with E-state index in [-0.39, 0.29) is 17.6 Å². The number of nitrogens with one attached hydrogen (secondary N) is 1. The highest BCUT2D eigenvalue weighted by Crippen LogP contribution is 2.10. The average Bonchev–Trinajstić information content (AvgIpc) is 2.46. The average molecular weight is 291 g/mol. The summed E-state index contributed by atoms with van der Waals surface area (Å²) in [5.74, 6) is 0.593. The first-order valence-corrected chi connectivity index (χ1v) is 7.80. The molecule has 0 bridgehead atoms. The first kappa shape index (κ1) is 19.4. The van der Waals surface area contributed by atoms with Gasteiger partial charge in [0.2, 0.25) is 5.91 Å². The Labute approximate surface area is 129 Å². The summed E-state index contributed by atoms with van der Waals surface area (Å²) in [6.07, 6.45) is 0.546. The van der Waals surface area contributed by atoms with Crippen molar-refractivity contribution >= 4 is 11.7 Å². The molecule has 1 aromatic carbocycles. The number of rotatable bonds is 6. The zero-order chi connectivity index (χ0) is 16.4. The summed E-state index contributed by atoms with van der Waals surface area (Å²) < 4.78 is 0. The van der Waals surface area contributed by atoms with Crippen LogP contribution in [0.5, 0.6) is 0 Å². The van der Waals surface area contributed by atoms with E-state index in [1.807, 2.05) is 65.8 Å². The van der Waals surface area contributed by atoms with Gasteiger partial charge in [-0.1, -0.05) is 65.8 Å². The van der Waals surface area contributed by atoms with Gasteiger partial charge in [-0.2, -0.15) is 0 Å². The number of benzene rings is 1. The third-order valence-electron chi connectivity index (χ3n) is 2.85. The van der Waals surface area contributed by atoms with E-state index in [2.05, 4.69) is 5.32 Å². The molecule has 0 aliphatic heterocycles. The molecule has 0 atom stereocenters. The van der Waals surface area contributed by atoms with Crippen LogP contribution in [0.25, 0.3) is 0 Å². The highest BCUT2D eigenvalue weighted by molar-refractivity contribution is 5.97. The Morgan fingerprint density at radius 1 is 1.00 bits per heavy atom. The number of hydrogen-bond acceptors (Lipinski definition) is 2. The van der Waals surface area contributed by atoms with Gasteiger partial charge in [0.25, 0.3) is 0 Å². The van der Waals surface area contributed by atoms with E-state index in [9.17, 15) is 9.59 Å². The van der Waals surface area contributed by atoms with Crippen LogP contribution in [-0.4, -0.2) is 11.7 Å². The minimum Gasteiger partial charge on any atom is -0.352 e. The topological polar surface area (TPSA) is 46.2 Å². The Kier molecular flexibility index (Phi) is 9.35. The predicted molar refractivity (Wildman–Crippen MR) is 88.3 cm³/mol. The largest absolute Gasteiger partial charge is 0.352 e. The van der Waals surface area contributed by atoms with Gasteiger partial charge < -0.3 is 5.32 Å². The normalized spacial score (nSPS) is 10.1. The fourth-order valence-corrected chi connectivity index (χ4v) is 1.76. The molecular formula is C18H29NO2. The van der Waals surface area contributed by atoms with Crippen LogP contribution in [-0.2, 0) is 11.3 Å². The summed E-state index contributed by atoms with van der Waals surface area (Å²) in [4.78, 5) is 23.3. The summed E-state index contributed by atoms with van der Waals surface area (Å²) in [7, 11) is 0. The Morgan fingerprint density at radius 3 is 1.95 bits per heavy atom. The first-order valence-electron chi connectivity index (χ1n) is 7.80. The quantitative estimate of drug-likeness (QED) is 0.798. The maximum atomic E-state index is 11.8. The Hall–Kier alpha value is -1.64. The molecule has 0 aliphatic rings. The number of ketones is 1. The first-order chi connectivity index (χ1) is 9.90. The van der Waals surface area contributed by atoms with Gasteiger partial charge in [-0.15, -0.1) is 0 Å². The lowest BCUT2D eigenvalue weighted by molar-refractivity contribution is -0.121. The lowest BCUT2D eigenvalue weighted by Crippen LogP contribution is -2.23. The molecule has 0 heterocycles. The molecule has 3 heteroatoms. The number of hydrogen-bond donors (Lipinski definition) is 1. The fraction of sp³-hybridized carbons (Fsp3) is 0.556. The molecule has 1 rings (SSSR count). The SMILES string of the molecule is CC.CC(C)CC(=O)NCc1ccc(C(=O)C(C)C)cc1. The molecule has 0 aromatic heterocycles. The van der Waals surface area contributed by atoms with E-state index in [4.69, 9.17) is 0 Å². The molecule has 0 saturated carbocycles. The number of carbonyl (C=O) groups is 2. The van der Waals surface area contributed by atoms with Gasteiger partial charge in [-0.05, 0) is 11.5 Å². The van der Waals surface area contributed by atoms with Crippen molar-refractivity contribution in [3.8, 4) is 0 Å². The minimum absolute atomic E-state index is 0.0107. The molecular weight excluding hydrogens is 262 g/mol. The summed E-state index contributed by atoms with van der Waals surface area (Å²) in [5, 5.41) is 2.88. The van der Waals surface area contributed by atoms with Gasteiger partial charge in [0.05, 0.1) is 0 Å². The second-order valence-electron chi connectivity index (χ2n) is 5.59. The number of amides is 1. The van der Waals surface area contributed by atoms with E-state index in [1.165, 1.54) is 0 Å². The number of Topliss-reactive ketones (excluding diaryl/α,β-unsaturated/α-hetero) is 1. The molecule has 21 heavy (non-hydrogen) atoms. The van der Waals surface area contributed by atoms with Crippen LogP contribution in [0.2, 0.25) is 0 Å². The molecule has 0 spiro atoms. The molecule has 3 nitrogen and oxygen atoms in total. The van der Waals surface area contributed by atoms with Crippen LogP contribution in [0.4, 0.5) is 0 Å². The number of carbonyl (C=O) groups excluding carboxylic acids is 2. The monoisotopic (exact) mass is 291 g/mol. The van der Waals surface area contributed by atoms with Crippen molar-refractivity contribution in [2.75, 3.05) is 0 Å². The minimum atomic E-state index is 0.0107. The van der Waals surface area contributed by atoms with Crippen molar-refractivity contribution in [3.63, 3.8) is 0 Å². The summed E-state index contributed by atoms with van der Waals surface area (Å²) in [6, 6.07) is 7.44. The molecule has 1 amide bonds. The highest BCUT2D eigenvalue weighted by atomic mass is 16.1. The molecule has 0 unspecified atom stereocenters. The van der Waals surface area contributed by atoms with Crippen LogP contribution >= 0.6 is 0 Å². The zero-order valence-electron chi connectivity index (χ0n) is 14.2. The van der Waals surface area contributed by atoms with E-state index in [0.29, 0.717) is 18.9 Å². The molecule has 1 N–H and O–H groups in total. The lowest BCUT2D eigenvalue weighted by Gasteiger charge is -2.08. The lowest BCUT2D eigenvalue weighted by atomic mass is 10.00. The van der Waals surface area contributed by atoms with Crippen LogP contribution in [0.3, 0.4) is 0 Å². The van der Waals surface area contributed by atoms with Crippen molar-refractivity contribution in [3.05, 3.63) is 35.4 Å². The van der Waals surface area contributed by atoms with Crippen LogP contribution < -0.4 is 5.32 Å². The Morgan fingerprint density at radius 2 is 1.52 bits per heavy atom. The van der Waals surface area contributed by atoms with E-state index in [0.717, 1.165) is 11.1 Å². The maximum Gasteiger partial charge on any atom is 0.220 e. The molecule has 0 radical (unpaired) electrons. The molecule has 1 aromatic rings. The van der Waals surface area contributed by atoms with Crippen LogP contribution in [0, 0.1) is 11.8 Å². The van der Waals surface area contributed by atoms with Crippen molar-refractivity contribution in [2.45, 2.75) is 54.5 Å². The second kappa shape index (κ2) is 10.1. The maximum absolute atomic E-state index is 11.8. The summed E-state index contributed by atoms with van der Waals surface area (Å²) >= 11 is 0. The van der Waals surface area contributed by atoms with Gasteiger partial charge in [-0.25, -0.2) is 0 Å². The molecule has 118 valence electrons. The van der Waals surface area contributed by atoms with E-state index < -0.39 is 0 Å². The Bertz CT molecular complexity index is 433. The van der Waals surface area contributed by atoms with Crippen molar-refractivity contribution in [1.82, 2.24) is 5.32 Å². The van der Waals surface area contributed by atoms with E-state index >= 15 is 0 Å². The smallest absolute Gasteiger partial charge is 0.220 e. The van der Waals surface area contributed by atoms with Gasteiger partial charge >= 0.3 is 0 Å². The van der Waals surface area contributed by atoms with Gasteiger partial charge in [-0.3, -0.25) is 9.59 Å². The van der Waals surface area contributed by atoms with Crippen molar-refractivity contribution < 1.29 is 9.59 Å². The highest BCUT2D eigenvalue weighted by Gasteiger charge is 2.10. The molecule has 0 fully saturated rings. The van der Waals surface area contributed by atoms with Gasteiger partial charge in [0, 0.05) is 24.4 Å². The molecule has 0 saturated heterocycles. The van der Waals surface area contributed by atoms with Crippen LogP contribution in [0.1, 0.15) is 63.9 Å². The molecule has 0 aliphatic carbocycles. The fourth-order valence-electron chi connectivity index (χ4n) is 1.76. The van der Waals surface area contributed by atoms with E-state index in [1.54, 1.807) is 0 Å². The summed E-state index contributed by atoms with van der Waals surface area (Å²) in [5.41, 5.74) is 1.74.